The Morgan fingerprint density at radius 2 is 1.51 bits per heavy atom. The van der Waals surface area contributed by atoms with Gasteiger partial charge in [0.2, 0.25) is 17.7 Å². The summed E-state index contributed by atoms with van der Waals surface area (Å²) >= 11 is 6.24. The van der Waals surface area contributed by atoms with E-state index in [1.807, 2.05) is 77.4 Å². The highest BCUT2D eigenvalue weighted by atomic mass is 35.5. The molecule has 0 radical (unpaired) electrons. The Labute approximate surface area is 458 Å². The Hall–Kier alpha value is -6.34. The van der Waals surface area contributed by atoms with Crippen LogP contribution in [0.1, 0.15) is 95.0 Å². The molecule has 5 N–H and O–H groups in total. The van der Waals surface area contributed by atoms with Gasteiger partial charge >= 0.3 is 0 Å². The smallest absolute Gasteiger partial charge is 0.274 e. The Kier molecular flexibility index (Phi) is 19.0. The maximum atomic E-state index is 14.2. The fourth-order valence-electron chi connectivity index (χ4n) is 11.3. The van der Waals surface area contributed by atoms with Gasteiger partial charge in [0.1, 0.15) is 12.1 Å². The first-order chi connectivity index (χ1) is 37.4. The number of nitrogens with one attached hydrogen (secondary N) is 4. The number of piperazine rings is 2. The number of piperidine rings is 1. The fourth-order valence-corrected chi connectivity index (χ4v) is 11.4. The molecule has 5 aromatic rings. The van der Waals surface area contributed by atoms with Crippen molar-refractivity contribution >= 4 is 46.7 Å². The molecular weight excluding hydrogens is 992 g/mol. The number of hydrogen-bond donors (Lipinski definition) is 5. The lowest BCUT2D eigenvalue weighted by Gasteiger charge is -2.38. The highest BCUT2D eigenvalue weighted by molar-refractivity contribution is 6.30. The maximum absolute atomic E-state index is 14.2. The van der Waals surface area contributed by atoms with Gasteiger partial charge in [-0.05, 0) is 84.9 Å². The molecule has 2 aromatic heterocycles. The SMILES string of the molecule is CCc1cccc(-c2cnc(C(=O)N3CCC(CN4CCN(CC(=O)NCCNC[C@@H](C(=O)N5CCN(c6ncnc7c6C(C)C[C@H]7O)CC5)c5ccc(Cl)cc5)CC4)CC3)c(NC(=O)CNCc3cccc(C)c3)c2)c1. The highest BCUT2D eigenvalue weighted by Crippen LogP contribution is 2.43. The fraction of sp³-hybridized carbons (Fsp3) is 0.475. The number of amides is 4. The minimum absolute atomic E-state index is 0.0222. The molecule has 0 spiro atoms. The van der Waals surface area contributed by atoms with E-state index in [-0.39, 0.29) is 41.8 Å². The van der Waals surface area contributed by atoms with Gasteiger partial charge in [-0.2, -0.15) is 0 Å². The van der Waals surface area contributed by atoms with Gasteiger partial charge in [-0.15, -0.1) is 0 Å². The minimum Gasteiger partial charge on any atom is -0.387 e. The van der Waals surface area contributed by atoms with Crippen LogP contribution < -0.4 is 26.2 Å². The van der Waals surface area contributed by atoms with E-state index < -0.39 is 12.0 Å². The van der Waals surface area contributed by atoms with E-state index in [4.69, 9.17) is 16.6 Å². The summed E-state index contributed by atoms with van der Waals surface area (Å²) in [4.78, 5) is 79.1. The van der Waals surface area contributed by atoms with Crippen molar-refractivity contribution in [1.82, 2.24) is 50.5 Å². The molecule has 3 saturated heterocycles. The number of carbonyl (C=O) groups is 4. The summed E-state index contributed by atoms with van der Waals surface area (Å²) in [7, 11) is 0. The Morgan fingerprint density at radius 3 is 2.26 bits per heavy atom. The third-order valence-corrected chi connectivity index (χ3v) is 15.9. The summed E-state index contributed by atoms with van der Waals surface area (Å²) in [6.45, 7) is 16.5. The zero-order valence-electron chi connectivity index (χ0n) is 44.9. The van der Waals surface area contributed by atoms with Gasteiger partial charge in [-0.25, -0.2) is 15.0 Å². The van der Waals surface area contributed by atoms with E-state index in [2.05, 4.69) is 78.0 Å². The van der Waals surface area contributed by atoms with Crippen LogP contribution in [0.15, 0.2) is 91.4 Å². The van der Waals surface area contributed by atoms with Gasteiger partial charge in [0.25, 0.3) is 5.91 Å². The van der Waals surface area contributed by atoms with Crippen LogP contribution in [0.4, 0.5) is 11.5 Å². The van der Waals surface area contributed by atoms with Crippen LogP contribution in [0, 0.1) is 12.8 Å². The van der Waals surface area contributed by atoms with Crippen molar-refractivity contribution in [2.75, 3.05) is 115 Å². The average molecular weight is 1070 g/mol. The largest absolute Gasteiger partial charge is 0.387 e. The molecule has 77 heavy (non-hydrogen) atoms. The molecule has 1 aliphatic carbocycles. The molecule has 3 aromatic carbocycles. The normalized spacial score (nSPS) is 18.7. The Bertz CT molecular complexity index is 2830. The third kappa shape index (κ3) is 14.4. The van der Waals surface area contributed by atoms with Gasteiger partial charge in [0.15, 0.2) is 5.69 Å². The van der Waals surface area contributed by atoms with Gasteiger partial charge in [0, 0.05) is 121 Å². The number of nitrogens with zero attached hydrogens (tertiary/aromatic N) is 8. The van der Waals surface area contributed by atoms with Crippen molar-refractivity contribution in [3.8, 4) is 11.1 Å². The molecule has 18 heteroatoms. The second-order valence-electron chi connectivity index (χ2n) is 21.2. The Morgan fingerprint density at radius 1 is 0.766 bits per heavy atom. The van der Waals surface area contributed by atoms with E-state index in [9.17, 15) is 24.3 Å². The summed E-state index contributed by atoms with van der Waals surface area (Å²) in [6, 6.07) is 25.7. The highest BCUT2D eigenvalue weighted by Gasteiger charge is 2.36. The summed E-state index contributed by atoms with van der Waals surface area (Å²) in [5.74, 6) is 0.641. The van der Waals surface area contributed by atoms with E-state index in [0.29, 0.717) is 101 Å². The van der Waals surface area contributed by atoms with Crippen molar-refractivity contribution in [2.24, 2.45) is 5.92 Å². The van der Waals surface area contributed by atoms with E-state index >= 15 is 0 Å². The number of aromatic nitrogens is 3. The first-order valence-corrected chi connectivity index (χ1v) is 28.0. The summed E-state index contributed by atoms with van der Waals surface area (Å²) in [6.07, 6.45) is 5.97. The van der Waals surface area contributed by atoms with Crippen molar-refractivity contribution < 1.29 is 24.3 Å². The zero-order chi connectivity index (χ0) is 53.8. The molecule has 5 heterocycles. The topological polar surface area (TPSA) is 191 Å². The number of fused-ring (bicyclic) bond motifs is 1. The van der Waals surface area contributed by atoms with Crippen molar-refractivity contribution in [2.45, 2.75) is 70.9 Å². The van der Waals surface area contributed by atoms with E-state index in [1.54, 1.807) is 6.20 Å². The molecular formula is C59H75ClN12O5. The number of rotatable bonds is 20. The molecule has 9 rings (SSSR count). The standard InChI is InChI=1S/C59H75ClN12O5/c1-4-42-8-6-10-46(31-42)47-32-50(67-52(74)36-62-33-44-9-5-7-40(2)29-44)55(64-34-47)59(77)71-19-15-43(16-20-71)37-68-21-23-69(24-22-68)38-53(75)63-18-17-61-35-49(45-11-13-48(60)14-12-45)58(76)72-27-25-70(26-28-72)57-54-41(3)30-51(73)56(54)65-39-66-57/h5-14,29,31-32,34,39,41,43,49,51,61-62,73H,4,15-28,30,33,35-38H2,1-3H3,(H,63,75)(H,67,74)/t41?,49-,51-/m1/s1. The summed E-state index contributed by atoms with van der Waals surface area (Å²) < 4.78 is 0. The van der Waals surface area contributed by atoms with Crippen molar-refractivity contribution in [1.29, 1.82) is 0 Å². The molecule has 408 valence electrons. The maximum Gasteiger partial charge on any atom is 0.274 e. The van der Waals surface area contributed by atoms with Gasteiger partial charge < -0.3 is 46.0 Å². The molecule has 3 aliphatic heterocycles. The molecule has 1 unspecified atom stereocenters. The molecule has 3 atom stereocenters. The third-order valence-electron chi connectivity index (χ3n) is 15.7. The Balaban J connectivity index is 0.693. The predicted octanol–water partition coefficient (Wildman–Crippen LogP) is 5.64. The van der Waals surface area contributed by atoms with Gasteiger partial charge in [0.05, 0.1) is 36.5 Å². The quantitative estimate of drug-likeness (QED) is 0.0603. The second kappa shape index (κ2) is 26.3. The lowest BCUT2D eigenvalue weighted by atomic mass is 9.95. The number of carbonyl (C=O) groups excluding carboxylic acids is 4. The summed E-state index contributed by atoms with van der Waals surface area (Å²) in [5.41, 5.74) is 8.54. The molecule has 4 aliphatic rings. The van der Waals surface area contributed by atoms with Crippen molar-refractivity contribution in [3.63, 3.8) is 0 Å². The van der Waals surface area contributed by atoms with Crippen LogP contribution in [0.25, 0.3) is 11.1 Å². The van der Waals surface area contributed by atoms with Crippen LogP contribution in [-0.2, 0) is 27.3 Å². The second-order valence-corrected chi connectivity index (χ2v) is 21.7. The molecule has 4 amide bonds. The monoisotopic (exact) mass is 1070 g/mol. The number of aryl methyl sites for hydroxylation is 2. The van der Waals surface area contributed by atoms with Crippen LogP contribution in [0.2, 0.25) is 5.02 Å². The molecule has 3 fully saturated rings. The number of hydrogen-bond acceptors (Lipinski definition) is 13. The number of likely N-dealkylation sites (tertiary alicyclic amines) is 1. The first-order valence-electron chi connectivity index (χ1n) is 27.6. The average Bonchev–Trinajstić information content (AvgIpc) is 3.76. The first kappa shape index (κ1) is 55.4. The lowest BCUT2D eigenvalue weighted by Crippen LogP contribution is -2.52. The number of anilines is 2. The minimum atomic E-state index is -0.572. The molecule has 0 saturated carbocycles. The number of pyridine rings is 1. The molecule has 0 bridgehead atoms. The number of halogens is 1. The van der Waals surface area contributed by atoms with Gasteiger partial charge in [-0.3, -0.25) is 24.1 Å². The number of aliphatic hydroxyl groups is 1. The van der Waals surface area contributed by atoms with Crippen LogP contribution >= 0.6 is 11.6 Å². The molecule has 17 nitrogen and oxygen atoms in total. The summed E-state index contributed by atoms with van der Waals surface area (Å²) in [5, 5.41) is 23.9. The van der Waals surface area contributed by atoms with Crippen LogP contribution in [0.3, 0.4) is 0 Å². The lowest BCUT2D eigenvalue weighted by molar-refractivity contribution is -0.133. The number of aliphatic hydroxyl groups excluding tert-OH is 1. The van der Waals surface area contributed by atoms with Crippen molar-refractivity contribution in [3.05, 3.63) is 136 Å². The van der Waals surface area contributed by atoms with Crippen LogP contribution in [-0.4, -0.2) is 168 Å². The van der Waals surface area contributed by atoms with Crippen LogP contribution in [0.5, 0.6) is 0 Å². The van der Waals surface area contributed by atoms with E-state index in [0.717, 1.165) is 91.2 Å². The number of benzene rings is 3. The van der Waals surface area contributed by atoms with Gasteiger partial charge in [-0.1, -0.05) is 91.7 Å². The predicted molar refractivity (Wildman–Crippen MR) is 301 cm³/mol. The zero-order valence-corrected chi connectivity index (χ0v) is 45.6. The van der Waals surface area contributed by atoms with E-state index in [1.165, 1.54) is 11.9 Å².